The van der Waals surface area contributed by atoms with Crippen LogP contribution in [0.15, 0.2) is 24.3 Å². The molecule has 2 atom stereocenters. The average molecular weight is 248 g/mol. The quantitative estimate of drug-likeness (QED) is 0.844. The Morgan fingerprint density at radius 2 is 2.28 bits per heavy atom. The molecular formula is C14H20N2O2. The lowest BCUT2D eigenvalue weighted by Crippen LogP contribution is -2.48. The van der Waals surface area contributed by atoms with Gasteiger partial charge in [-0.3, -0.25) is 4.79 Å². The largest absolute Gasteiger partial charge is 0.366 e. The third-order valence-corrected chi connectivity index (χ3v) is 3.23. The van der Waals surface area contributed by atoms with Gasteiger partial charge in [0.15, 0.2) is 0 Å². The van der Waals surface area contributed by atoms with Gasteiger partial charge < -0.3 is 15.4 Å². The Hall–Kier alpha value is -1.39. The maximum absolute atomic E-state index is 12.0. The first-order valence-electron chi connectivity index (χ1n) is 6.36. The van der Waals surface area contributed by atoms with E-state index in [4.69, 9.17) is 4.74 Å². The van der Waals surface area contributed by atoms with Crippen molar-refractivity contribution in [2.75, 3.05) is 19.7 Å². The first kappa shape index (κ1) is 13.1. The van der Waals surface area contributed by atoms with Gasteiger partial charge in [-0.15, -0.1) is 0 Å². The number of carbonyl (C=O) groups is 1. The number of hydrogen-bond acceptors (Lipinski definition) is 3. The summed E-state index contributed by atoms with van der Waals surface area (Å²) in [6.07, 6.45) is -0.370. The van der Waals surface area contributed by atoms with Gasteiger partial charge in [-0.2, -0.15) is 0 Å². The monoisotopic (exact) mass is 248 g/mol. The second-order valence-corrected chi connectivity index (χ2v) is 4.65. The number of amides is 1. The highest BCUT2D eigenvalue weighted by Crippen LogP contribution is 2.16. The molecule has 1 aromatic rings. The molecule has 0 bridgehead atoms. The molecule has 1 unspecified atom stereocenters. The second kappa shape index (κ2) is 5.98. The molecule has 4 nitrogen and oxygen atoms in total. The van der Waals surface area contributed by atoms with Gasteiger partial charge >= 0.3 is 0 Å². The Morgan fingerprint density at radius 3 is 2.94 bits per heavy atom. The van der Waals surface area contributed by atoms with Crippen LogP contribution in [0.25, 0.3) is 0 Å². The Bertz CT molecular complexity index is 414. The van der Waals surface area contributed by atoms with E-state index in [2.05, 4.69) is 23.6 Å². The summed E-state index contributed by atoms with van der Waals surface area (Å²) in [5, 5.41) is 6.16. The molecule has 1 amide bonds. The number of carbonyl (C=O) groups excluding carboxylic acids is 1. The average Bonchev–Trinajstić information content (AvgIpc) is 2.40. The summed E-state index contributed by atoms with van der Waals surface area (Å²) in [4.78, 5) is 12.0. The highest BCUT2D eigenvalue weighted by molar-refractivity contribution is 5.81. The third-order valence-electron chi connectivity index (χ3n) is 3.23. The molecule has 0 aromatic heterocycles. The standard InChI is InChI=1S/C14H20N2O2/c1-10-5-3-4-6-12(10)11(2)16-14(17)13-9-15-7-8-18-13/h3-6,11,13,15H,7-9H2,1-2H3,(H,16,17)/t11-,13?/m1/s1. The van der Waals surface area contributed by atoms with Crippen LogP contribution in [-0.4, -0.2) is 31.7 Å². The Labute approximate surface area is 108 Å². The molecule has 1 aliphatic rings. The molecule has 1 aromatic carbocycles. The summed E-state index contributed by atoms with van der Waals surface area (Å²) in [6, 6.07) is 8.09. The molecule has 4 heteroatoms. The van der Waals surface area contributed by atoms with E-state index in [-0.39, 0.29) is 18.1 Å². The minimum absolute atomic E-state index is 0.00391. The first-order chi connectivity index (χ1) is 8.68. The van der Waals surface area contributed by atoms with Crippen LogP contribution in [0, 0.1) is 6.92 Å². The van der Waals surface area contributed by atoms with Crippen molar-refractivity contribution >= 4 is 5.91 Å². The maximum atomic E-state index is 12.0. The van der Waals surface area contributed by atoms with E-state index in [1.165, 1.54) is 5.56 Å². The molecule has 1 fully saturated rings. The lowest BCUT2D eigenvalue weighted by Gasteiger charge is -2.25. The van der Waals surface area contributed by atoms with E-state index >= 15 is 0 Å². The van der Waals surface area contributed by atoms with E-state index in [9.17, 15) is 4.79 Å². The van der Waals surface area contributed by atoms with Crippen molar-refractivity contribution in [2.45, 2.75) is 26.0 Å². The Balaban J connectivity index is 1.96. The maximum Gasteiger partial charge on any atom is 0.250 e. The topological polar surface area (TPSA) is 50.4 Å². The fourth-order valence-electron chi connectivity index (χ4n) is 2.19. The van der Waals surface area contributed by atoms with Gasteiger partial charge in [0, 0.05) is 13.1 Å². The van der Waals surface area contributed by atoms with Gasteiger partial charge in [-0.05, 0) is 25.0 Å². The smallest absolute Gasteiger partial charge is 0.250 e. The fourth-order valence-corrected chi connectivity index (χ4v) is 2.19. The van der Waals surface area contributed by atoms with E-state index < -0.39 is 0 Å². The van der Waals surface area contributed by atoms with Gasteiger partial charge in [-0.25, -0.2) is 0 Å². The molecule has 1 aliphatic heterocycles. The van der Waals surface area contributed by atoms with Crippen molar-refractivity contribution in [3.05, 3.63) is 35.4 Å². The number of benzene rings is 1. The van der Waals surface area contributed by atoms with E-state index in [0.717, 1.165) is 12.1 Å². The van der Waals surface area contributed by atoms with Crippen molar-refractivity contribution in [1.82, 2.24) is 10.6 Å². The van der Waals surface area contributed by atoms with E-state index in [0.29, 0.717) is 13.2 Å². The van der Waals surface area contributed by atoms with Gasteiger partial charge in [0.05, 0.1) is 12.6 Å². The highest BCUT2D eigenvalue weighted by Gasteiger charge is 2.23. The molecular weight excluding hydrogens is 228 g/mol. The predicted molar refractivity (Wildman–Crippen MR) is 70.3 cm³/mol. The van der Waals surface area contributed by atoms with Crippen molar-refractivity contribution in [2.24, 2.45) is 0 Å². The molecule has 1 saturated heterocycles. The van der Waals surface area contributed by atoms with Crippen molar-refractivity contribution in [3.8, 4) is 0 Å². The van der Waals surface area contributed by atoms with Crippen molar-refractivity contribution in [1.29, 1.82) is 0 Å². The Kier molecular flexibility index (Phi) is 4.33. The third kappa shape index (κ3) is 3.09. The predicted octanol–water partition coefficient (Wildman–Crippen LogP) is 1.16. The minimum atomic E-state index is -0.370. The number of rotatable bonds is 3. The summed E-state index contributed by atoms with van der Waals surface area (Å²) in [5.74, 6) is -0.0436. The number of ether oxygens (including phenoxy) is 1. The summed E-state index contributed by atoms with van der Waals surface area (Å²) >= 11 is 0. The van der Waals surface area contributed by atoms with Crippen LogP contribution >= 0.6 is 0 Å². The number of aryl methyl sites for hydroxylation is 1. The summed E-state index contributed by atoms with van der Waals surface area (Å²) < 4.78 is 5.43. The van der Waals surface area contributed by atoms with Crippen molar-refractivity contribution < 1.29 is 9.53 Å². The zero-order chi connectivity index (χ0) is 13.0. The van der Waals surface area contributed by atoms with Crippen LogP contribution in [0.2, 0.25) is 0 Å². The molecule has 18 heavy (non-hydrogen) atoms. The van der Waals surface area contributed by atoms with Crippen LogP contribution in [0.1, 0.15) is 24.1 Å². The van der Waals surface area contributed by atoms with Gasteiger partial charge in [0.1, 0.15) is 6.10 Å². The van der Waals surface area contributed by atoms with E-state index in [1.54, 1.807) is 0 Å². The molecule has 98 valence electrons. The Morgan fingerprint density at radius 1 is 1.50 bits per heavy atom. The minimum Gasteiger partial charge on any atom is -0.366 e. The molecule has 0 saturated carbocycles. The molecule has 2 N–H and O–H groups in total. The number of nitrogens with one attached hydrogen (secondary N) is 2. The van der Waals surface area contributed by atoms with Crippen LogP contribution in [-0.2, 0) is 9.53 Å². The summed E-state index contributed by atoms with van der Waals surface area (Å²) in [5.41, 5.74) is 2.34. The molecule has 0 spiro atoms. The number of morpholine rings is 1. The first-order valence-corrected chi connectivity index (χ1v) is 6.36. The van der Waals surface area contributed by atoms with Gasteiger partial charge in [0.25, 0.3) is 5.91 Å². The second-order valence-electron chi connectivity index (χ2n) is 4.65. The zero-order valence-electron chi connectivity index (χ0n) is 10.9. The van der Waals surface area contributed by atoms with Crippen LogP contribution in [0.3, 0.4) is 0 Å². The lowest BCUT2D eigenvalue weighted by molar-refractivity contribution is -0.134. The zero-order valence-corrected chi connectivity index (χ0v) is 10.9. The normalized spacial score (nSPS) is 21.3. The van der Waals surface area contributed by atoms with E-state index in [1.807, 2.05) is 25.1 Å². The van der Waals surface area contributed by atoms with Gasteiger partial charge in [-0.1, -0.05) is 24.3 Å². The molecule has 0 radical (unpaired) electrons. The van der Waals surface area contributed by atoms with Crippen molar-refractivity contribution in [3.63, 3.8) is 0 Å². The van der Waals surface area contributed by atoms with Crippen LogP contribution in [0.4, 0.5) is 0 Å². The summed E-state index contributed by atoms with van der Waals surface area (Å²) in [7, 11) is 0. The van der Waals surface area contributed by atoms with Crippen LogP contribution in [0.5, 0.6) is 0 Å². The number of hydrogen-bond donors (Lipinski definition) is 2. The summed E-state index contributed by atoms with van der Waals surface area (Å²) in [6.45, 7) is 6.05. The highest BCUT2D eigenvalue weighted by atomic mass is 16.5. The molecule has 1 heterocycles. The lowest BCUT2D eigenvalue weighted by atomic mass is 10.0. The fraction of sp³-hybridized carbons (Fsp3) is 0.500. The SMILES string of the molecule is Cc1ccccc1[C@@H](C)NC(=O)C1CNCCO1. The molecule has 0 aliphatic carbocycles. The molecule has 2 rings (SSSR count). The van der Waals surface area contributed by atoms with Crippen LogP contribution < -0.4 is 10.6 Å². The van der Waals surface area contributed by atoms with Gasteiger partial charge in [0.2, 0.25) is 0 Å².